The number of phenols is 1. The average molecular weight is 233 g/mol. The Balaban J connectivity index is 2.07. The van der Waals surface area contributed by atoms with Crippen molar-refractivity contribution in [2.24, 2.45) is 5.92 Å². The van der Waals surface area contributed by atoms with Gasteiger partial charge in [0.1, 0.15) is 5.75 Å². The number of hydrogen-bond acceptors (Lipinski definition) is 2. The normalized spacial score (nSPS) is 23.9. The lowest BCUT2D eigenvalue weighted by Crippen LogP contribution is -2.16. The minimum absolute atomic E-state index is 0.431. The van der Waals surface area contributed by atoms with Crippen molar-refractivity contribution in [3.8, 4) is 5.75 Å². The highest BCUT2D eigenvalue weighted by Crippen LogP contribution is 2.33. The van der Waals surface area contributed by atoms with Gasteiger partial charge in [0, 0.05) is 17.3 Å². The van der Waals surface area contributed by atoms with Crippen molar-refractivity contribution in [3.63, 3.8) is 0 Å². The molecule has 17 heavy (non-hydrogen) atoms. The Kier molecular flexibility index (Phi) is 3.60. The molecule has 1 aliphatic carbocycles. The van der Waals surface area contributed by atoms with E-state index in [1.807, 2.05) is 19.9 Å². The predicted octanol–water partition coefficient (Wildman–Crippen LogP) is 4.00. The summed E-state index contributed by atoms with van der Waals surface area (Å²) in [5.74, 6) is 1.31. The summed E-state index contributed by atoms with van der Waals surface area (Å²) < 4.78 is 0. The Hall–Kier alpha value is -1.18. The molecule has 2 atom stereocenters. The molecule has 1 saturated carbocycles. The van der Waals surface area contributed by atoms with E-state index in [0.717, 1.165) is 22.7 Å². The number of anilines is 1. The third-order valence-electron chi connectivity index (χ3n) is 4.11. The zero-order valence-electron chi connectivity index (χ0n) is 11.1. The Bertz CT molecular complexity index is 400. The third kappa shape index (κ3) is 2.56. The van der Waals surface area contributed by atoms with Crippen molar-refractivity contribution < 1.29 is 5.11 Å². The number of benzene rings is 1. The van der Waals surface area contributed by atoms with E-state index in [4.69, 9.17) is 0 Å². The fraction of sp³-hybridized carbons (Fsp3) is 0.600. The van der Waals surface area contributed by atoms with E-state index >= 15 is 0 Å². The Morgan fingerprint density at radius 3 is 2.71 bits per heavy atom. The molecule has 0 heterocycles. The van der Waals surface area contributed by atoms with Gasteiger partial charge in [0.15, 0.2) is 0 Å². The topological polar surface area (TPSA) is 32.3 Å². The first kappa shape index (κ1) is 12.3. The van der Waals surface area contributed by atoms with E-state index < -0.39 is 0 Å². The summed E-state index contributed by atoms with van der Waals surface area (Å²) in [5, 5.41) is 13.5. The molecule has 1 fully saturated rings. The first-order chi connectivity index (χ1) is 8.11. The van der Waals surface area contributed by atoms with E-state index in [9.17, 15) is 5.11 Å². The number of nitrogens with one attached hydrogen (secondary N) is 1. The van der Waals surface area contributed by atoms with Crippen LogP contribution >= 0.6 is 0 Å². The zero-order chi connectivity index (χ0) is 12.4. The van der Waals surface area contributed by atoms with Crippen LogP contribution in [-0.2, 0) is 0 Å². The first-order valence-electron chi connectivity index (χ1n) is 6.67. The van der Waals surface area contributed by atoms with E-state index in [2.05, 4.69) is 18.3 Å². The Morgan fingerprint density at radius 1 is 1.29 bits per heavy atom. The molecule has 1 aromatic rings. The first-order valence-corrected chi connectivity index (χ1v) is 6.67. The monoisotopic (exact) mass is 233 g/mol. The summed E-state index contributed by atoms with van der Waals surface area (Å²) in [6.07, 6.45) is 5.15. The predicted molar refractivity (Wildman–Crippen MR) is 72.6 cm³/mol. The average Bonchev–Trinajstić information content (AvgIpc) is 2.78. The van der Waals surface area contributed by atoms with Gasteiger partial charge in [0.25, 0.3) is 0 Å². The molecular weight excluding hydrogens is 210 g/mol. The molecule has 2 N–H and O–H groups in total. The van der Waals surface area contributed by atoms with Crippen molar-refractivity contribution in [2.45, 2.75) is 52.5 Å². The molecule has 0 aromatic heterocycles. The molecule has 0 bridgehead atoms. The lowest BCUT2D eigenvalue weighted by molar-refractivity contribution is 0.467. The molecule has 2 rings (SSSR count). The van der Waals surface area contributed by atoms with Crippen molar-refractivity contribution in [3.05, 3.63) is 23.3 Å². The highest BCUT2D eigenvalue weighted by molar-refractivity contribution is 5.59. The largest absolute Gasteiger partial charge is 0.507 e. The second-order valence-electron chi connectivity index (χ2n) is 5.33. The SMILES string of the molecule is CCC1CCC(Nc2ccc(C)c(O)c2C)C1. The van der Waals surface area contributed by atoms with Crippen LogP contribution in [0.2, 0.25) is 0 Å². The maximum absolute atomic E-state index is 9.92. The van der Waals surface area contributed by atoms with Gasteiger partial charge in [-0.15, -0.1) is 0 Å². The van der Waals surface area contributed by atoms with Crippen LogP contribution in [0.1, 0.15) is 43.7 Å². The van der Waals surface area contributed by atoms with Crippen LogP contribution in [0.5, 0.6) is 5.75 Å². The van der Waals surface area contributed by atoms with Crippen LogP contribution in [0, 0.1) is 19.8 Å². The number of hydrogen-bond donors (Lipinski definition) is 2. The quantitative estimate of drug-likeness (QED) is 0.827. The lowest BCUT2D eigenvalue weighted by Gasteiger charge is -2.17. The summed E-state index contributed by atoms with van der Waals surface area (Å²) in [5.41, 5.74) is 3.02. The van der Waals surface area contributed by atoms with Gasteiger partial charge in [-0.25, -0.2) is 0 Å². The molecule has 0 saturated heterocycles. The smallest absolute Gasteiger partial charge is 0.123 e. The molecule has 94 valence electrons. The van der Waals surface area contributed by atoms with Crippen LogP contribution in [0.3, 0.4) is 0 Å². The fourth-order valence-electron chi connectivity index (χ4n) is 2.79. The van der Waals surface area contributed by atoms with E-state index in [0.29, 0.717) is 11.8 Å². The third-order valence-corrected chi connectivity index (χ3v) is 4.11. The molecule has 2 heteroatoms. The molecule has 1 aromatic carbocycles. The highest BCUT2D eigenvalue weighted by Gasteiger charge is 2.23. The molecule has 0 spiro atoms. The number of aryl methyl sites for hydroxylation is 1. The standard InChI is InChI=1S/C15H23NO/c1-4-12-6-7-13(9-12)16-14-8-5-10(2)15(17)11(14)3/h5,8,12-13,16-17H,4,6-7,9H2,1-3H3. The number of phenolic OH excluding ortho intramolecular Hbond substituents is 1. The molecule has 2 nitrogen and oxygen atoms in total. The molecule has 0 amide bonds. The van der Waals surface area contributed by atoms with Gasteiger partial charge in [-0.3, -0.25) is 0 Å². The summed E-state index contributed by atoms with van der Waals surface area (Å²) in [6, 6.07) is 4.65. The van der Waals surface area contributed by atoms with Gasteiger partial charge in [-0.1, -0.05) is 19.4 Å². The molecule has 0 radical (unpaired) electrons. The van der Waals surface area contributed by atoms with Gasteiger partial charge < -0.3 is 10.4 Å². The molecule has 0 aliphatic heterocycles. The van der Waals surface area contributed by atoms with Gasteiger partial charge in [-0.05, 0) is 50.7 Å². The number of aromatic hydroxyl groups is 1. The fourth-order valence-corrected chi connectivity index (χ4v) is 2.79. The molecule has 2 unspecified atom stereocenters. The highest BCUT2D eigenvalue weighted by atomic mass is 16.3. The van der Waals surface area contributed by atoms with Gasteiger partial charge in [0.05, 0.1) is 0 Å². The Labute approximate surface area is 104 Å². The number of rotatable bonds is 3. The Morgan fingerprint density at radius 2 is 2.06 bits per heavy atom. The van der Waals surface area contributed by atoms with Gasteiger partial charge in [0.2, 0.25) is 0 Å². The van der Waals surface area contributed by atoms with E-state index in [1.165, 1.54) is 25.7 Å². The minimum Gasteiger partial charge on any atom is -0.507 e. The van der Waals surface area contributed by atoms with Crippen molar-refractivity contribution in [1.82, 2.24) is 0 Å². The van der Waals surface area contributed by atoms with Crippen LogP contribution in [0.25, 0.3) is 0 Å². The van der Waals surface area contributed by atoms with Crippen molar-refractivity contribution >= 4 is 5.69 Å². The minimum atomic E-state index is 0.431. The van der Waals surface area contributed by atoms with Gasteiger partial charge in [-0.2, -0.15) is 0 Å². The lowest BCUT2D eigenvalue weighted by atomic mass is 10.0. The second-order valence-corrected chi connectivity index (χ2v) is 5.33. The zero-order valence-corrected chi connectivity index (χ0v) is 11.1. The van der Waals surface area contributed by atoms with Crippen LogP contribution in [-0.4, -0.2) is 11.1 Å². The van der Waals surface area contributed by atoms with Crippen molar-refractivity contribution in [1.29, 1.82) is 0 Å². The van der Waals surface area contributed by atoms with Crippen LogP contribution in [0.4, 0.5) is 5.69 Å². The summed E-state index contributed by atoms with van der Waals surface area (Å²) in [6.45, 7) is 6.20. The van der Waals surface area contributed by atoms with E-state index in [-0.39, 0.29) is 0 Å². The van der Waals surface area contributed by atoms with Crippen LogP contribution in [0.15, 0.2) is 12.1 Å². The summed E-state index contributed by atoms with van der Waals surface area (Å²) >= 11 is 0. The van der Waals surface area contributed by atoms with Crippen molar-refractivity contribution in [2.75, 3.05) is 5.32 Å². The van der Waals surface area contributed by atoms with Gasteiger partial charge >= 0.3 is 0 Å². The maximum atomic E-state index is 9.92. The maximum Gasteiger partial charge on any atom is 0.123 e. The summed E-state index contributed by atoms with van der Waals surface area (Å²) in [7, 11) is 0. The van der Waals surface area contributed by atoms with E-state index in [1.54, 1.807) is 0 Å². The molecule has 1 aliphatic rings. The molecular formula is C15H23NO. The summed E-state index contributed by atoms with van der Waals surface area (Å²) in [4.78, 5) is 0. The second kappa shape index (κ2) is 4.99. The van der Waals surface area contributed by atoms with Crippen LogP contribution < -0.4 is 5.32 Å².